The van der Waals surface area contributed by atoms with E-state index in [9.17, 15) is 71.9 Å². The zero-order valence-electron chi connectivity index (χ0n) is 70.2. The summed E-state index contributed by atoms with van der Waals surface area (Å²) in [6.45, 7) is 41.5. The van der Waals surface area contributed by atoms with Crippen LogP contribution >= 0.6 is 27.5 Å². The maximum atomic E-state index is 13.1. The smallest absolute Gasteiger partial charge is 1.00 e. The van der Waals surface area contributed by atoms with E-state index >= 15 is 0 Å². The van der Waals surface area contributed by atoms with Gasteiger partial charge in [0.15, 0.2) is 11.1 Å². The van der Waals surface area contributed by atoms with Crippen LogP contribution in [-0.2, 0) is 148 Å². The van der Waals surface area contributed by atoms with Gasteiger partial charge in [0.05, 0.1) is 24.2 Å². The second kappa shape index (κ2) is 42.6. The number of halogens is 2. The Labute approximate surface area is 687 Å². The van der Waals surface area contributed by atoms with Crippen molar-refractivity contribution in [2.75, 3.05) is 28.4 Å². The Bertz CT molecular complexity index is 3550. The van der Waals surface area contributed by atoms with E-state index in [0.717, 1.165) is 7.11 Å². The van der Waals surface area contributed by atoms with Crippen molar-refractivity contribution < 1.29 is 209 Å². The van der Waals surface area contributed by atoms with Crippen molar-refractivity contribution in [3.05, 3.63) is 22.6 Å². The third-order valence-electron chi connectivity index (χ3n) is 11.8. The minimum Gasteiger partial charge on any atom is -1.00 e. The number of aliphatic hydroxyl groups is 1. The van der Waals surface area contributed by atoms with E-state index in [-0.39, 0.29) is 64.0 Å². The van der Waals surface area contributed by atoms with Crippen LogP contribution in [0.1, 0.15) is 195 Å². The molecule has 0 bridgehead atoms. The zero-order chi connectivity index (χ0) is 88.7. The van der Waals surface area contributed by atoms with Gasteiger partial charge in [-0.15, -0.1) is 5.48 Å². The average Bonchev–Trinajstić information content (AvgIpc) is 0.735. The minimum atomic E-state index is -2.79. The Morgan fingerprint density at radius 1 is 0.451 bits per heavy atom. The zero-order valence-corrected chi connectivity index (χ0v) is 73.6. The molecule has 0 spiro atoms. The molecule has 0 atom stereocenters. The molecule has 5 aliphatic heterocycles. The number of ether oxygens (including phenoxy) is 14. The molecule has 113 heavy (non-hydrogen) atoms. The average molecular weight is 1720 g/mol. The van der Waals surface area contributed by atoms with E-state index in [1.165, 1.54) is 153 Å². The van der Waals surface area contributed by atoms with Gasteiger partial charge in [0, 0.05) is 76.2 Å². The van der Waals surface area contributed by atoms with Gasteiger partial charge in [-0.05, 0) is 129 Å². The number of esters is 10. The van der Waals surface area contributed by atoms with Gasteiger partial charge in [0.1, 0.15) is 55.2 Å². The molecular formula is C66H102BrClN7NaO37. The normalized spacial score (nSPS) is 18.6. The third kappa shape index (κ3) is 34.8. The van der Waals surface area contributed by atoms with Gasteiger partial charge < -0.3 is 97.4 Å². The molecule has 5 saturated heterocycles. The Morgan fingerprint density at radius 2 is 0.752 bits per heavy atom. The van der Waals surface area contributed by atoms with Crippen LogP contribution < -0.4 is 46.0 Å². The van der Waals surface area contributed by atoms with Crippen molar-refractivity contribution in [3.8, 4) is 0 Å². The standard InChI is InChI=1S/C19H30N2O10.C10H19NO5.C9H12BrNO5.C9H14N2O6.C9H13NO5.C8H10O5.C2H3ClO.Na.H/c1-11(20-26-10)19(12(22)27-18(8,9)28-13(19)23)21(14(24)29-16(2,3)4)31-15(25)30-17(5,6)7;1-9(2,3)14-7(12)11-16-8(13)15-10(4,5)6;1-5(11-14-4)9(10)6(12)15-8(2,3)16-7(9)13;1-5(10-15-4)9(11-14)6(12)16-8(2,3)17-7(9)13;1-5(10-13-4)6-7(11)14-9(2,3)15-8(6)12;1-4(9)5-6(10)12-8(2,3)13-7(5)11;1-2(3)4;;/h1-10H3;1-6H3,(H,11,12);1-4H3;11,14H,1-4H3;10H,1-4H3;9H,1-3H3;1H3;;/q;;;;;;;+1;-1/b20-11+;;11-5+;10-5+;;;;;. The van der Waals surface area contributed by atoms with E-state index in [1.54, 1.807) is 67.8 Å². The van der Waals surface area contributed by atoms with Crippen molar-refractivity contribution in [3.63, 3.8) is 0 Å². The number of oxime groups is 3. The molecule has 5 fully saturated rings. The molecule has 44 nitrogen and oxygen atoms in total. The molecular weight excluding hydrogens is 1620 g/mol. The van der Waals surface area contributed by atoms with E-state index in [2.05, 4.69) is 72.7 Å². The number of nitrogens with zero attached hydrogens (tertiary/aromatic N) is 4. The summed E-state index contributed by atoms with van der Waals surface area (Å²) in [6, 6.07) is 0. The van der Waals surface area contributed by atoms with Gasteiger partial charge in [0.25, 0.3) is 38.8 Å². The van der Waals surface area contributed by atoms with Gasteiger partial charge in [-0.3, -0.25) is 19.9 Å². The number of rotatable bonds is 10. The van der Waals surface area contributed by atoms with Crippen LogP contribution in [0.3, 0.4) is 0 Å². The van der Waals surface area contributed by atoms with Crippen LogP contribution in [0.15, 0.2) is 38.1 Å². The SMILES string of the molecule is CC(=O)Cl.CC(C)(C)OC(=O)NOC(=O)OC(C)(C)C.CC(O)=C1C(=O)OC(C)(C)OC1=O.CO/N=C(\C)C1(Br)C(=O)OC(C)(C)OC1=O.CO/N=C(\C)C1(N(OC(=O)OC(C)(C)C)C(=O)OC(C)(C)C)C(=O)OC(C)(C)OC1=O.CO/N=C(\C)C1(NO)C(=O)OC(C)(C)OC1=O.CONC(C)=C1C(=O)OC(C)(C)OC1=O.[H-].[Na+]. The van der Waals surface area contributed by atoms with Crippen LogP contribution in [0.5, 0.6) is 0 Å². The molecule has 5 N–H and O–H groups in total. The second-order valence-corrected chi connectivity index (χ2v) is 30.7. The molecule has 0 aliphatic carbocycles. The number of amides is 2. The van der Waals surface area contributed by atoms with Gasteiger partial charge in [-0.25, -0.2) is 67.1 Å². The first-order valence-electron chi connectivity index (χ1n) is 32.4. The van der Waals surface area contributed by atoms with Gasteiger partial charge >= 0.3 is 119 Å². The molecule has 47 heteroatoms. The van der Waals surface area contributed by atoms with Crippen molar-refractivity contribution in [1.82, 2.24) is 21.5 Å². The maximum Gasteiger partial charge on any atom is 1.00 e. The summed E-state index contributed by atoms with van der Waals surface area (Å²) in [4.78, 5) is 203. The summed E-state index contributed by atoms with van der Waals surface area (Å²) in [5.74, 6) is -16.5. The Hall–Kier alpha value is -9.41. The number of hydrogen-bond donors (Lipinski definition) is 5. The van der Waals surface area contributed by atoms with E-state index < -0.39 is 168 Å². The fourth-order valence-electron chi connectivity index (χ4n) is 7.73. The maximum absolute atomic E-state index is 13.1. The van der Waals surface area contributed by atoms with Gasteiger partial charge in [-0.2, -0.15) is 5.48 Å². The van der Waals surface area contributed by atoms with E-state index in [1.807, 2.05) is 5.48 Å². The number of carbonyl (C=O) groups is 15. The number of aliphatic hydroxyl groups excluding tert-OH is 1. The van der Waals surface area contributed by atoms with Crippen LogP contribution in [0.4, 0.5) is 19.2 Å². The molecule has 0 saturated carbocycles. The molecule has 0 aromatic rings. The number of nitrogens with one attached hydrogen (secondary N) is 3. The van der Waals surface area contributed by atoms with Crippen LogP contribution in [0.2, 0.25) is 0 Å². The predicted octanol–water partition coefficient (Wildman–Crippen LogP) is 4.40. The molecule has 0 unspecified atom stereocenters. The fraction of sp³-hybridized carbons (Fsp3) is 0.667. The number of allylic oxidation sites excluding steroid dienone is 2. The Morgan fingerprint density at radius 3 is 1.07 bits per heavy atom. The number of cyclic esters (lactones) is 10. The number of carbonyl (C=O) groups excluding carboxylic acids is 15. The Kier molecular flexibility index (Phi) is 40.7. The molecule has 638 valence electrons. The van der Waals surface area contributed by atoms with Gasteiger partial charge in [0.2, 0.25) is 5.24 Å². The Balaban J connectivity index is -0.000000645. The van der Waals surface area contributed by atoms with Crippen molar-refractivity contribution in [2.45, 2.75) is 261 Å². The number of hydrogen-bond acceptors (Lipinski definition) is 42. The molecule has 0 aromatic carbocycles. The monoisotopic (exact) mass is 1720 g/mol. The summed E-state index contributed by atoms with van der Waals surface area (Å²) in [7, 11) is 5.06. The molecule has 0 radical (unpaired) electrons. The first kappa shape index (κ1) is 108. The predicted molar refractivity (Wildman–Crippen MR) is 382 cm³/mol. The fourth-order valence-corrected chi connectivity index (χ4v) is 7.96. The molecule has 5 rings (SSSR count). The quantitative estimate of drug-likeness (QED) is 0.0173. The minimum absolute atomic E-state index is 0. The molecule has 5 aliphatic rings. The topological polar surface area (TPSA) is 558 Å². The second-order valence-electron chi connectivity index (χ2n) is 28.9. The molecule has 0 aromatic heterocycles. The largest absolute Gasteiger partial charge is 1.00 e. The summed E-state index contributed by atoms with van der Waals surface area (Å²) < 4.78 is 67.4. The molecule has 2 amide bonds. The summed E-state index contributed by atoms with van der Waals surface area (Å²) >= 11 is 7.62. The number of alkyl halides is 1. The van der Waals surface area contributed by atoms with Gasteiger partial charge in [-0.1, -0.05) is 36.5 Å². The first-order valence-corrected chi connectivity index (χ1v) is 33.6. The van der Waals surface area contributed by atoms with Crippen molar-refractivity contribution >= 4 is 134 Å². The van der Waals surface area contributed by atoms with Crippen LogP contribution in [-0.4, -0.2) is 217 Å². The van der Waals surface area contributed by atoms with E-state index in [0.29, 0.717) is 0 Å². The first-order chi connectivity index (χ1) is 50.3. The third-order valence-corrected chi connectivity index (χ3v) is 13.0. The van der Waals surface area contributed by atoms with Crippen molar-refractivity contribution in [2.24, 2.45) is 15.5 Å². The van der Waals surface area contributed by atoms with Crippen LogP contribution in [0, 0.1) is 0 Å². The summed E-state index contributed by atoms with van der Waals surface area (Å²) in [6.07, 6.45) is -4.61. The van der Waals surface area contributed by atoms with Crippen LogP contribution in [0.25, 0.3) is 0 Å². The summed E-state index contributed by atoms with van der Waals surface area (Å²) in [5, 5.41) is 28.3. The van der Waals surface area contributed by atoms with Crippen molar-refractivity contribution in [1.29, 1.82) is 0 Å². The van der Waals surface area contributed by atoms with E-state index in [4.69, 9.17) is 81.5 Å². The summed E-state index contributed by atoms with van der Waals surface area (Å²) in [5.41, 5.74) is -3.45. The molecule has 5 heterocycles. The number of hydroxylamine groups is 5.